The fraction of sp³-hybridized carbons (Fsp3) is 0.714. The Labute approximate surface area is 76.3 Å². The van der Waals surface area contributed by atoms with E-state index in [1.54, 1.807) is 0 Å². The summed E-state index contributed by atoms with van der Waals surface area (Å²) in [5.41, 5.74) is 0. The maximum absolute atomic E-state index is 11.1. The Morgan fingerprint density at radius 3 is 2.92 bits per heavy atom. The molecule has 5 heteroatoms. The lowest BCUT2D eigenvalue weighted by atomic mass is 10.1. The van der Waals surface area contributed by atoms with E-state index in [4.69, 9.17) is 0 Å². The van der Waals surface area contributed by atoms with Gasteiger partial charge in [0, 0.05) is 13.0 Å². The van der Waals surface area contributed by atoms with Crippen LogP contribution in [0.15, 0.2) is 0 Å². The predicted octanol–water partition coefficient (Wildman–Crippen LogP) is 1.02. The van der Waals surface area contributed by atoms with Gasteiger partial charge in [0.05, 0.1) is 0 Å². The van der Waals surface area contributed by atoms with E-state index >= 15 is 0 Å². The smallest absolute Gasteiger partial charge is 0.417 e. The van der Waals surface area contributed by atoms with Crippen molar-refractivity contribution in [2.45, 2.75) is 19.3 Å². The van der Waals surface area contributed by atoms with Crippen LogP contribution in [0.5, 0.6) is 0 Å². The monoisotopic (exact) mass is 189 g/mol. The Bertz CT molecular complexity index is 195. The molecule has 0 aliphatic carbocycles. The van der Waals surface area contributed by atoms with E-state index in [9.17, 15) is 9.59 Å². The van der Waals surface area contributed by atoms with Crippen molar-refractivity contribution in [2.24, 2.45) is 0 Å². The lowest BCUT2D eigenvalue weighted by molar-refractivity contribution is -0.131. The SMILES string of the molecule is O=C1CCCCN1C(=O)OCS. The average molecular weight is 189 g/mol. The zero-order valence-electron chi connectivity index (χ0n) is 6.65. The largest absolute Gasteiger partial charge is 0.438 e. The average Bonchev–Trinajstić information content (AvgIpc) is 2.05. The molecule has 1 rings (SSSR count). The van der Waals surface area contributed by atoms with Gasteiger partial charge in [-0.1, -0.05) is 0 Å². The Morgan fingerprint density at radius 2 is 2.33 bits per heavy atom. The number of carbonyl (C=O) groups excluding carboxylic acids is 2. The highest BCUT2D eigenvalue weighted by Crippen LogP contribution is 2.11. The molecule has 1 aliphatic rings. The number of ether oxygens (including phenoxy) is 1. The molecule has 12 heavy (non-hydrogen) atoms. The third-order valence-corrected chi connectivity index (χ3v) is 1.86. The number of carbonyl (C=O) groups is 2. The van der Waals surface area contributed by atoms with E-state index in [1.165, 1.54) is 0 Å². The summed E-state index contributed by atoms with van der Waals surface area (Å²) in [5.74, 6) is -0.129. The summed E-state index contributed by atoms with van der Waals surface area (Å²) in [7, 11) is 0. The molecule has 1 fully saturated rings. The molecule has 0 saturated carbocycles. The van der Waals surface area contributed by atoms with Crippen LogP contribution >= 0.6 is 12.6 Å². The molecule has 0 atom stereocenters. The Morgan fingerprint density at radius 1 is 1.58 bits per heavy atom. The van der Waals surface area contributed by atoms with Crippen molar-refractivity contribution in [3.63, 3.8) is 0 Å². The number of likely N-dealkylation sites (tertiary alicyclic amines) is 1. The van der Waals surface area contributed by atoms with Crippen LogP contribution in [0, 0.1) is 0 Å². The van der Waals surface area contributed by atoms with Gasteiger partial charge in [-0.05, 0) is 12.8 Å². The summed E-state index contributed by atoms with van der Waals surface area (Å²) >= 11 is 3.73. The number of rotatable bonds is 1. The third kappa shape index (κ3) is 2.14. The van der Waals surface area contributed by atoms with Gasteiger partial charge in [0.1, 0.15) is 5.94 Å². The van der Waals surface area contributed by atoms with Crippen molar-refractivity contribution in [1.29, 1.82) is 0 Å². The van der Waals surface area contributed by atoms with Gasteiger partial charge in [0.25, 0.3) is 0 Å². The minimum atomic E-state index is -0.574. The molecule has 0 aromatic rings. The first-order valence-electron chi connectivity index (χ1n) is 3.83. The van der Waals surface area contributed by atoms with Crippen molar-refractivity contribution in [2.75, 3.05) is 12.5 Å². The third-order valence-electron chi connectivity index (χ3n) is 1.73. The second-order valence-electron chi connectivity index (χ2n) is 2.54. The van der Waals surface area contributed by atoms with E-state index in [0.717, 1.165) is 17.7 Å². The lowest BCUT2D eigenvalue weighted by Crippen LogP contribution is -2.40. The normalized spacial score (nSPS) is 17.8. The van der Waals surface area contributed by atoms with Gasteiger partial charge in [0.2, 0.25) is 5.91 Å². The van der Waals surface area contributed by atoms with Crippen molar-refractivity contribution < 1.29 is 14.3 Å². The summed E-state index contributed by atoms with van der Waals surface area (Å²) in [6, 6.07) is 0. The first-order valence-corrected chi connectivity index (χ1v) is 4.47. The number of imide groups is 1. The van der Waals surface area contributed by atoms with Gasteiger partial charge in [-0.2, -0.15) is 0 Å². The van der Waals surface area contributed by atoms with Gasteiger partial charge in [-0.15, -0.1) is 12.6 Å². The quantitative estimate of drug-likeness (QED) is 0.495. The molecule has 0 bridgehead atoms. The number of nitrogens with zero attached hydrogens (tertiary/aromatic N) is 1. The molecule has 4 nitrogen and oxygen atoms in total. The van der Waals surface area contributed by atoms with Crippen molar-refractivity contribution in [1.82, 2.24) is 4.90 Å². The van der Waals surface area contributed by atoms with Gasteiger partial charge in [0.15, 0.2) is 0 Å². The summed E-state index contributed by atoms with van der Waals surface area (Å²) in [6.07, 6.45) is 1.60. The Balaban J connectivity index is 2.48. The molecule has 0 spiro atoms. The summed E-state index contributed by atoms with van der Waals surface area (Å²) in [4.78, 5) is 23.3. The maximum Gasteiger partial charge on any atom is 0.417 e. The van der Waals surface area contributed by atoms with Crippen LogP contribution in [0.2, 0.25) is 0 Å². The number of thiol groups is 1. The summed E-state index contributed by atoms with van der Waals surface area (Å²) in [6.45, 7) is 0.478. The summed E-state index contributed by atoms with van der Waals surface area (Å²) in [5, 5.41) is 0. The van der Waals surface area contributed by atoms with E-state index in [2.05, 4.69) is 17.4 Å². The van der Waals surface area contributed by atoms with E-state index in [-0.39, 0.29) is 11.8 Å². The van der Waals surface area contributed by atoms with Gasteiger partial charge >= 0.3 is 6.09 Å². The molecule has 0 aromatic heterocycles. The molecular formula is C7H11NO3S. The zero-order valence-corrected chi connectivity index (χ0v) is 7.55. The fourth-order valence-electron chi connectivity index (χ4n) is 1.13. The Hall–Kier alpha value is -0.710. The van der Waals surface area contributed by atoms with Crippen LogP contribution in [0.1, 0.15) is 19.3 Å². The fourth-order valence-corrected chi connectivity index (χ4v) is 1.24. The number of hydrogen-bond donors (Lipinski definition) is 1. The molecule has 0 radical (unpaired) electrons. The second kappa shape index (κ2) is 4.35. The summed E-state index contributed by atoms with van der Waals surface area (Å²) < 4.78 is 4.58. The molecule has 68 valence electrons. The van der Waals surface area contributed by atoms with Crippen LogP contribution in [-0.2, 0) is 9.53 Å². The zero-order chi connectivity index (χ0) is 8.97. The van der Waals surface area contributed by atoms with Crippen LogP contribution < -0.4 is 0 Å². The van der Waals surface area contributed by atoms with Crippen LogP contribution in [0.4, 0.5) is 4.79 Å². The molecule has 0 aromatic carbocycles. The van der Waals surface area contributed by atoms with Crippen LogP contribution in [0.25, 0.3) is 0 Å². The topological polar surface area (TPSA) is 46.6 Å². The molecule has 2 amide bonds. The van der Waals surface area contributed by atoms with Gasteiger partial charge in [-0.3, -0.25) is 4.79 Å². The van der Waals surface area contributed by atoms with Crippen molar-refractivity contribution >= 4 is 24.6 Å². The maximum atomic E-state index is 11.1. The van der Waals surface area contributed by atoms with Crippen LogP contribution in [0.3, 0.4) is 0 Å². The van der Waals surface area contributed by atoms with Crippen molar-refractivity contribution in [3.8, 4) is 0 Å². The molecule has 0 N–H and O–H groups in total. The molecule has 1 saturated heterocycles. The molecule has 1 heterocycles. The number of hydrogen-bond acceptors (Lipinski definition) is 4. The molecule has 0 unspecified atom stereocenters. The first kappa shape index (κ1) is 9.38. The minimum absolute atomic E-state index is 0.0165. The van der Waals surface area contributed by atoms with Gasteiger partial charge in [-0.25, -0.2) is 9.69 Å². The Kier molecular flexibility index (Phi) is 3.40. The highest BCUT2D eigenvalue weighted by atomic mass is 32.1. The molecule has 1 aliphatic heterocycles. The lowest BCUT2D eigenvalue weighted by Gasteiger charge is -2.23. The van der Waals surface area contributed by atoms with Crippen molar-refractivity contribution in [3.05, 3.63) is 0 Å². The van der Waals surface area contributed by atoms with Gasteiger partial charge < -0.3 is 4.74 Å². The highest BCUT2D eigenvalue weighted by Gasteiger charge is 2.24. The second-order valence-corrected chi connectivity index (χ2v) is 2.80. The van der Waals surface area contributed by atoms with Crippen LogP contribution in [-0.4, -0.2) is 29.4 Å². The highest BCUT2D eigenvalue weighted by molar-refractivity contribution is 7.80. The number of piperidine rings is 1. The van der Waals surface area contributed by atoms with E-state index in [1.807, 2.05) is 0 Å². The number of amides is 2. The minimum Gasteiger partial charge on any atom is -0.438 e. The standard InChI is InChI=1S/C7H11NO3S/c9-6-3-1-2-4-8(6)7(10)11-5-12/h12H,1-5H2. The predicted molar refractivity (Wildman–Crippen MR) is 45.9 cm³/mol. The molecular weight excluding hydrogens is 178 g/mol. The first-order chi connectivity index (χ1) is 5.75. The van der Waals surface area contributed by atoms with E-state index in [0.29, 0.717) is 13.0 Å². The van der Waals surface area contributed by atoms with E-state index < -0.39 is 6.09 Å².